The zero-order valence-electron chi connectivity index (χ0n) is 13.1. The van der Waals surface area contributed by atoms with E-state index in [4.69, 9.17) is 0 Å². The minimum absolute atomic E-state index is 0.327. The molecule has 3 amide bonds. The molecular weight excluding hydrogens is 396 g/mol. The molecule has 0 radical (unpaired) electrons. The summed E-state index contributed by atoms with van der Waals surface area (Å²) in [5, 5.41) is 0. The molecule has 2 atom stereocenters. The molecule has 1 aromatic heterocycles. The molecular formula is C14H13BrN6O2S. The van der Waals surface area contributed by atoms with E-state index in [9.17, 15) is 9.59 Å². The highest BCUT2D eigenvalue weighted by molar-refractivity contribution is 9.10. The van der Waals surface area contributed by atoms with E-state index >= 15 is 0 Å². The van der Waals surface area contributed by atoms with Gasteiger partial charge in [-0.25, -0.2) is 9.79 Å². The van der Waals surface area contributed by atoms with Crippen LogP contribution in [-0.2, 0) is 10.3 Å². The molecule has 2 aliphatic heterocycles. The van der Waals surface area contributed by atoms with Gasteiger partial charge in [-0.3, -0.25) is 9.69 Å². The Labute approximate surface area is 150 Å². The van der Waals surface area contributed by atoms with Gasteiger partial charge in [-0.1, -0.05) is 6.07 Å². The van der Waals surface area contributed by atoms with Crippen LogP contribution in [0.1, 0.15) is 5.56 Å². The van der Waals surface area contributed by atoms with Crippen molar-refractivity contribution in [3.8, 4) is 0 Å². The Kier molecular flexibility index (Phi) is 3.20. The van der Waals surface area contributed by atoms with Gasteiger partial charge >= 0.3 is 6.03 Å². The first-order chi connectivity index (χ1) is 11.4. The number of imide groups is 1. The van der Waals surface area contributed by atoms with E-state index in [1.54, 1.807) is 25.3 Å². The van der Waals surface area contributed by atoms with E-state index in [2.05, 4.69) is 29.7 Å². The molecule has 10 heteroatoms. The molecule has 2 unspecified atom stereocenters. The van der Waals surface area contributed by atoms with Crippen molar-refractivity contribution in [3.05, 3.63) is 22.2 Å². The van der Waals surface area contributed by atoms with Crippen LogP contribution in [0.25, 0.3) is 11.0 Å². The molecule has 3 heterocycles. The van der Waals surface area contributed by atoms with E-state index in [1.807, 2.05) is 12.1 Å². The molecule has 0 N–H and O–H groups in total. The van der Waals surface area contributed by atoms with E-state index < -0.39 is 11.7 Å². The van der Waals surface area contributed by atoms with Gasteiger partial charge in [0.05, 0.1) is 18.1 Å². The number of urea groups is 1. The van der Waals surface area contributed by atoms with Crippen molar-refractivity contribution in [1.82, 2.24) is 23.4 Å². The summed E-state index contributed by atoms with van der Waals surface area (Å²) < 4.78 is 9.51. The molecule has 1 aromatic carbocycles. The number of halogens is 1. The van der Waals surface area contributed by atoms with Gasteiger partial charge in [-0.05, 0) is 22.0 Å². The molecule has 0 aliphatic carbocycles. The Bertz CT molecular complexity index is 914. The maximum atomic E-state index is 13.2. The van der Waals surface area contributed by atoms with Crippen molar-refractivity contribution in [2.24, 2.45) is 4.99 Å². The van der Waals surface area contributed by atoms with Crippen LogP contribution in [0.2, 0.25) is 0 Å². The topological polar surface area (TPSA) is 82.0 Å². The Hall–Kier alpha value is -2.07. The third-order valence-corrected chi connectivity index (χ3v) is 5.84. The third kappa shape index (κ3) is 1.64. The van der Waals surface area contributed by atoms with Crippen LogP contribution in [0.4, 0.5) is 4.79 Å². The molecule has 0 saturated carbocycles. The number of carbonyl (C=O) groups is 2. The van der Waals surface area contributed by atoms with Gasteiger partial charge < -0.3 is 9.80 Å². The second-order valence-electron chi connectivity index (χ2n) is 5.83. The Balaban J connectivity index is 2.05. The van der Waals surface area contributed by atoms with Crippen molar-refractivity contribution < 1.29 is 9.59 Å². The molecule has 1 fully saturated rings. The number of benzene rings is 1. The number of likely N-dealkylation sites (N-methyl/N-ethyl adjacent to an activating group) is 3. The van der Waals surface area contributed by atoms with Gasteiger partial charge in [0.1, 0.15) is 11.0 Å². The monoisotopic (exact) mass is 408 g/mol. The number of aromatic nitrogens is 2. The number of carbonyl (C=O) groups excluding carboxylic acids is 2. The first kappa shape index (κ1) is 15.5. The predicted octanol–water partition coefficient (Wildman–Crippen LogP) is 1.47. The Morgan fingerprint density at radius 1 is 1.17 bits per heavy atom. The van der Waals surface area contributed by atoms with Crippen LogP contribution in [0.3, 0.4) is 0 Å². The third-order valence-electron chi connectivity index (χ3n) is 4.67. The zero-order valence-corrected chi connectivity index (χ0v) is 15.5. The number of aliphatic imine (C=N–C) groups is 1. The van der Waals surface area contributed by atoms with Crippen LogP contribution in [-0.4, -0.2) is 69.0 Å². The highest BCUT2D eigenvalue weighted by Gasteiger charge is 2.62. The summed E-state index contributed by atoms with van der Waals surface area (Å²) in [5.41, 5.74) is 0.879. The lowest BCUT2D eigenvalue weighted by atomic mass is 9.82. The van der Waals surface area contributed by atoms with Crippen molar-refractivity contribution in [1.29, 1.82) is 0 Å². The van der Waals surface area contributed by atoms with Crippen LogP contribution < -0.4 is 0 Å². The van der Waals surface area contributed by atoms with E-state index in [0.29, 0.717) is 16.6 Å². The quantitative estimate of drug-likeness (QED) is 0.713. The lowest BCUT2D eigenvalue weighted by molar-refractivity contribution is -0.145. The minimum atomic E-state index is -1.15. The SMILES string of the molecule is CN1C(=O)N(C)C2N=CN(C)C2(c2ccc(Br)c3nsnc23)C1=O. The van der Waals surface area contributed by atoms with Crippen molar-refractivity contribution in [3.63, 3.8) is 0 Å². The fourth-order valence-corrected chi connectivity index (χ4v) is 4.56. The van der Waals surface area contributed by atoms with Crippen LogP contribution in [0, 0.1) is 0 Å². The molecule has 8 nitrogen and oxygen atoms in total. The first-order valence-corrected chi connectivity index (χ1v) is 8.65. The van der Waals surface area contributed by atoms with Gasteiger partial charge in [-0.2, -0.15) is 8.75 Å². The second-order valence-corrected chi connectivity index (χ2v) is 7.21. The molecule has 4 rings (SSSR count). The van der Waals surface area contributed by atoms with Gasteiger partial charge in [0.25, 0.3) is 5.91 Å². The summed E-state index contributed by atoms with van der Waals surface area (Å²) in [5.74, 6) is -0.327. The molecule has 0 spiro atoms. The molecule has 0 bridgehead atoms. The number of hydrogen-bond donors (Lipinski definition) is 0. The molecule has 124 valence electrons. The standard InChI is InChI=1S/C14H13BrN6O2S/c1-19-6-16-11-14(19,12(22)21(3)13(23)20(11)2)7-4-5-8(15)10-9(7)17-24-18-10/h4-6,11H,1-3H3. The highest BCUT2D eigenvalue weighted by Crippen LogP contribution is 2.45. The summed E-state index contributed by atoms with van der Waals surface area (Å²) in [6.45, 7) is 0. The Morgan fingerprint density at radius 2 is 1.88 bits per heavy atom. The maximum Gasteiger partial charge on any atom is 0.328 e. The summed E-state index contributed by atoms with van der Waals surface area (Å²) in [7, 11) is 4.92. The molecule has 24 heavy (non-hydrogen) atoms. The normalized spacial score (nSPS) is 26.7. The largest absolute Gasteiger partial charge is 0.344 e. The van der Waals surface area contributed by atoms with Crippen molar-refractivity contribution >= 4 is 57.0 Å². The summed E-state index contributed by atoms with van der Waals surface area (Å²) >= 11 is 4.55. The summed E-state index contributed by atoms with van der Waals surface area (Å²) in [6.07, 6.45) is 0.948. The van der Waals surface area contributed by atoms with Gasteiger partial charge in [-0.15, -0.1) is 0 Å². The highest BCUT2D eigenvalue weighted by atomic mass is 79.9. The summed E-state index contributed by atoms with van der Waals surface area (Å²) in [4.78, 5) is 34.4. The first-order valence-electron chi connectivity index (χ1n) is 7.13. The number of amides is 3. The van der Waals surface area contributed by atoms with Crippen LogP contribution in [0.5, 0.6) is 0 Å². The van der Waals surface area contributed by atoms with E-state index in [1.165, 1.54) is 11.9 Å². The van der Waals surface area contributed by atoms with Crippen molar-refractivity contribution in [2.75, 3.05) is 21.1 Å². The average Bonchev–Trinajstić information content (AvgIpc) is 3.18. The van der Waals surface area contributed by atoms with Crippen LogP contribution in [0.15, 0.2) is 21.6 Å². The van der Waals surface area contributed by atoms with E-state index in [0.717, 1.165) is 21.1 Å². The van der Waals surface area contributed by atoms with Gasteiger partial charge in [0.15, 0.2) is 11.7 Å². The zero-order chi connectivity index (χ0) is 17.2. The lowest BCUT2D eigenvalue weighted by Gasteiger charge is -2.48. The fraction of sp³-hybridized carbons (Fsp3) is 0.357. The number of nitrogens with zero attached hydrogens (tertiary/aromatic N) is 6. The lowest BCUT2D eigenvalue weighted by Crippen LogP contribution is -2.69. The molecule has 2 aliphatic rings. The maximum absolute atomic E-state index is 13.2. The predicted molar refractivity (Wildman–Crippen MR) is 92.8 cm³/mol. The number of hydrogen-bond acceptors (Lipinski definition) is 7. The second kappa shape index (κ2) is 4.96. The minimum Gasteiger partial charge on any atom is -0.344 e. The number of fused-ring (bicyclic) bond motifs is 2. The Morgan fingerprint density at radius 3 is 2.62 bits per heavy atom. The fourth-order valence-electron chi connectivity index (χ4n) is 3.46. The van der Waals surface area contributed by atoms with Gasteiger partial charge in [0.2, 0.25) is 0 Å². The molecule has 2 aromatic rings. The van der Waals surface area contributed by atoms with Gasteiger partial charge in [0, 0.05) is 31.2 Å². The van der Waals surface area contributed by atoms with Crippen molar-refractivity contribution in [2.45, 2.75) is 11.7 Å². The summed E-state index contributed by atoms with van der Waals surface area (Å²) in [6, 6.07) is 3.32. The average molecular weight is 409 g/mol. The smallest absolute Gasteiger partial charge is 0.328 e. The molecule has 1 saturated heterocycles. The number of rotatable bonds is 1. The van der Waals surface area contributed by atoms with Crippen LogP contribution >= 0.6 is 27.7 Å². The van der Waals surface area contributed by atoms with E-state index in [-0.39, 0.29) is 11.9 Å².